The van der Waals surface area contributed by atoms with Crippen molar-refractivity contribution in [1.82, 2.24) is 10.3 Å². The molecule has 0 fully saturated rings. The lowest BCUT2D eigenvalue weighted by molar-refractivity contribution is -0.139. The van der Waals surface area contributed by atoms with Crippen LogP contribution in [0.25, 0.3) is 0 Å². The molecule has 184 valence electrons. The summed E-state index contributed by atoms with van der Waals surface area (Å²) in [7, 11) is 0. The number of nitrogens with one attached hydrogen (secondary N) is 2. The van der Waals surface area contributed by atoms with Crippen LogP contribution in [0.2, 0.25) is 0 Å². The molecule has 2 atom stereocenters. The molecule has 0 saturated heterocycles. The second kappa shape index (κ2) is 11.7. The molecular formula is C26H35N3O5. The monoisotopic (exact) mass is 469 g/mol. The quantitative estimate of drug-likeness (QED) is 0.441. The Bertz CT molecular complexity index is 959. The summed E-state index contributed by atoms with van der Waals surface area (Å²) < 4.78 is 11.3. The van der Waals surface area contributed by atoms with Crippen LogP contribution in [0.1, 0.15) is 51.2 Å². The van der Waals surface area contributed by atoms with E-state index in [1.807, 2.05) is 57.2 Å². The molecule has 8 nitrogen and oxygen atoms in total. The molecular weight excluding hydrogens is 434 g/mol. The minimum atomic E-state index is -1.10. The first-order chi connectivity index (χ1) is 16.2. The minimum Gasteiger partial charge on any atom is -0.490 e. The van der Waals surface area contributed by atoms with Crippen molar-refractivity contribution in [1.29, 1.82) is 0 Å². The maximum Gasteiger partial charge on any atom is 0.407 e. The Morgan fingerprint density at radius 3 is 2.79 bits per heavy atom. The van der Waals surface area contributed by atoms with Crippen molar-refractivity contribution in [3.8, 4) is 5.75 Å². The molecule has 2 heterocycles. The van der Waals surface area contributed by atoms with E-state index in [1.54, 1.807) is 6.20 Å². The Hall–Kier alpha value is -3.29. The van der Waals surface area contributed by atoms with Gasteiger partial charge in [0.1, 0.15) is 17.6 Å². The number of hydrogen-bond donors (Lipinski definition) is 3. The van der Waals surface area contributed by atoms with Crippen LogP contribution in [0, 0.1) is 5.41 Å². The number of aromatic nitrogens is 1. The van der Waals surface area contributed by atoms with Gasteiger partial charge in [0.2, 0.25) is 0 Å². The minimum absolute atomic E-state index is 0.162. The number of alkyl carbamates (subject to hydrolysis) is 1. The van der Waals surface area contributed by atoms with E-state index in [0.717, 1.165) is 54.9 Å². The van der Waals surface area contributed by atoms with Gasteiger partial charge in [-0.25, -0.2) is 14.6 Å². The summed E-state index contributed by atoms with van der Waals surface area (Å²) in [5.74, 6) is 0.629. The number of aryl methyl sites for hydroxylation is 1. The van der Waals surface area contributed by atoms with Gasteiger partial charge in [-0.15, -0.1) is 0 Å². The Balaban J connectivity index is 1.48. The molecule has 8 heteroatoms. The number of carbonyl (C=O) groups excluding carboxylic acids is 1. The standard InChI is InChI=1S/C26H35N3O5/c1-26(2,3)17-33-25(32)29-21(24(30)31)16-18-9-12-22-19(15-18)10-11-20(34-22)7-6-14-28-23-8-4-5-13-27-23/h4-5,8-9,12-13,15,20-21H,6-7,10-11,14,16-17H2,1-3H3,(H,27,28)(H,29,32)(H,30,31)/t20?,21-/m0/s1. The zero-order valence-electron chi connectivity index (χ0n) is 20.2. The third kappa shape index (κ3) is 8.24. The molecule has 1 aromatic heterocycles. The largest absolute Gasteiger partial charge is 0.490 e. The van der Waals surface area contributed by atoms with E-state index in [0.29, 0.717) is 0 Å². The van der Waals surface area contributed by atoms with Crippen LogP contribution in [0.4, 0.5) is 10.6 Å². The van der Waals surface area contributed by atoms with Crippen molar-refractivity contribution in [2.45, 2.75) is 65.0 Å². The topological polar surface area (TPSA) is 110 Å². The first-order valence-electron chi connectivity index (χ1n) is 11.8. The summed E-state index contributed by atoms with van der Waals surface area (Å²) in [5.41, 5.74) is 1.71. The molecule has 0 spiro atoms. The highest BCUT2D eigenvalue weighted by atomic mass is 16.5. The summed E-state index contributed by atoms with van der Waals surface area (Å²) >= 11 is 0. The zero-order chi connectivity index (χ0) is 24.6. The fourth-order valence-corrected chi connectivity index (χ4v) is 3.74. The lowest BCUT2D eigenvalue weighted by Crippen LogP contribution is -2.43. The molecule has 0 aliphatic carbocycles. The molecule has 2 aromatic rings. The molecule has 1 aromatic carbocycles. The highest BCUT2D eigenvalue weighted by Crippen LogP contribution is 2.30. The van der Waals surface area contributed by atoms with Gasteiger partial charge < -0.3 is 25.2 Å². The van der Waals surface area contributed by atoms with Gasteiger partial charge in [-0.05, 0) is 60.4 Å². The lowest BCUT2D eigenvalue weighted by Gasteiger charge is -2.27. The predicted octanol–water partition coefficient (Wildman–Crippen LogP) is 4.44. The Labute approximate surface area is 201 Å². The number of benzene rings is 1. The van der Waals surface area contributed by atoms with E-state index < -0.39 is 18.1 Å². The number of ether oxygens (including phenoxy) is 2. The second-order valence-electron chi connectivity index (χ2n) is 9.88. The number of carboxylic acid groups (broad SMARTS) is 1. The molecule has 3 N–H and O–H groups in total. The molecule has 0 bridgehead atoms. The number of aliphatic carboxylic acids is 1. The molecule has 1 amide bonds. The van der Waals surface area contributed by atoms with Gasteiger partial charge in [0, 0.05) is 19.2 Å². The molecule has 0 radical (unpaired) electrons. The maximum absolute atomic E-state index is 12.0. The van der Waals surface area contributed by atoms with E-state index in [4.69, 9.17) is 9.47 Å². The van der Waals surface area contributed by atoms with Gasteiger partial charge >= 0.3 is 12.1 Å². The van der Waals surface area contributed by atoms with Gasteiger partial charge in [-0.2, -0.15) is 0 Å². The fourth-order valence-electron chi connectivity index (χ4n) is 3.74. The number of carboxylic acids is 1. The molecule has 1 aliphatic heterocycles. The van der Waals surface area contributed by atoms with Gasteiger partial charge in [0.25, 0.3) is 0 Å². The normalized spacial score (nSPS) is 16.0. The van der Waals surface area contributed by atoms with Gasteiger partial charge in [0.15, 0.2) is 0 Å². The molecule has 1 aliphatic rings. The van der Waals surface area contributed by atoms with Crippen molar-refractivity contribution >= 4 is 17.9 Å². The molecule has 0 saturated carbocycles. The second-order valence-corrected chi connectivity index (χ2v) is 9.88. The Morgan fingerprint density at radius 2 is 2.09 bits per heavy atom. The number of amides is 1. The summed E-state index contributed by atoms with van der Waals surface area (Å²) in [6, 6.07) is 10.5. The van der Waals surface area contributed by atoms with E-state index >= 15 is 0 Å². The fraction of sp³-hybridized carbons (Fsp3) is 0.500. The lowest BCUT2D eigenvalue weighted by atomic mass is 9.96. The number of anilines is 1. The first kappa shape index (κ1) is 25.3. The predicted molar refractivity (Wildman–Crippen MR) is 130 cm³/mol. The van der Waals surface area contributed by atoms with Crippen molar-refractivity contribution in [2.75, 3.05) is 18.5 Å². The van der Waals surface area contributed by atoms with Gasteiger partial charge in [-0.1, -0.05) is 39.0 Å². The summed E-state index contributed by atoms with van der Waals surface area (Å²) in [6.45, 7) is 6.86. The average Bonchev–Trinajstić information content (AvgIpc) is 2.80. The van der Waals surface area contributed by atoms with Crippen LogP contribution in [-0.4, -0.2) is 47.5 Å². The van der Waals surface area contributed by atoms with Crippen molar-refractivity contribution in [3.05, 3.63) is 53.7 Å². The summed E-state index contributed by atoms with van der Waals surface area (Å²) in [4.78, 5) is 28.0. The molecule has 34 heavy (non-hydrogen) atoms. The van der Waals surface area contributed by atoms with Crippen LogP contribution in [-0.2, 0) is 22.4 Å². The number of fused-ring (bicyclic) bond motifs is 1. The first-order valence-corrected chi connectivity index (χ1v) is 11.8. The van der Waals surface area contributed by atoms with E-state index in [2.05, 4.69) is 15.6 Å². The Kier molecular flexibility index (Phi) is 8.73. The highest BCUT2D eigenvalue weighted by molar-refractivity contribution is 5.80. The smallest absolute Gasteiger partial charge is 0.407 e. The number of hydrogen-bond acceptors (Lipinski definition) is 6. The van der Waals surface area contributed by atoms with Crippen molar-refractivity contribution in [3.63, 3.8) is 0 Å². The number of pyridine rings is 1. The van der Waals surface area contributed by atoms with Crippen LogP contribution < -0.4 is 15.4 Å². The van der Waals surface area contributed by atoms with Crippen molar-refractivity contribution in [2.24, 2.45) is 5.41 Å². The number of rotatable bonds is 10. The van der Waals surface area contributed by atoms with Gasteiger partial charge in [0.05, 0.1) is 12.7 Å². The highest BCUT2D eigenvalue weighted by Gasteiger charge is 2.24. The van der Waals surface area contributed by atoms with E-state index in [-0.39, 0.29) is 24.5 Å². The van der Waals surface area contributed by atoms with Crippen LogP contribution in [0.15, 0.2) is 42.6 Å². The average molecular weight is 470 g/mol. The molecule has 1 unspecified atom stereocenters. The van der Waals surface area contributed by atoms with E-state index in [1.165, 1.54) is 0 Å². The third-order valence-electron chi connectivity index (χ3n) is 5.49. The maximum atomic E-state index is 12.0. The third-order valence-corrected chi connectivity index (χ3v) is 5.49. The molecule has 3 rings (SSSR count). The van der Waals surface area contributed by atoms with Crippen LogP contribution in [0.5, 0.6) is 5.75 Å². The number of carbonyl (C=O) groups is 2. The SMILES string of the molecule is CC(C)(C)COC(=O)N[C@@H](Cc1ccc2c(c1)CCC(CCCNc1ccccn1)O2)C(=O)O. The van der Waals surface area contributed by atoms with Crippen LogP contribution >= 0.6 is 0 Å². The van der Waals surface area contributed by atoms with Crippen LogP contribution in [0.3, 0.4) is 0 Å². The number of nitrogens with zero attached hydrogens (tertiary/aromatic N) is 1. The van der Waals surface area contributed by atoms with Crippen molar-refractivity contribution < 1.29 is 24.2 Å². The zero-order valence-corrected chi connectivity index (χ0v) is 20.2. The summed E-state index contributed by atoms with van der Waals surface area (Å²) in [5, 5.41) is 15.3. The Morgan fingerprint density at radius 1 is 1.26 bits per heavy atom. The van der Waals surface area contributed by atoms with Gasteiger partial charge in [-0.3, -0.25) is 0 Å². The summed E-state index contributed by atoms with van der Waals surface area (Å²) in [6.07, 6.45) is 5.11. The van der Waals surface area contributed by atoms with E-state index in [9.17, 15) is 14.7 Å².